The molecule has 1 atom stereocenters. The van der Waals surface area contributed by atoms with Gasteiger partial charge in [-0.05, 0) is 54.1 Å². The average Bonchev–Trinajstić information content (AvgIpc) is 3.34. The number of benzene rings is 3. The Hall–Kier alpha value is -3.11. The first-order chi connectivity index (χ1) is 16.6. The minimum atomic E-state index is -3.71. The fourth-order valence-corrected chi connectivity index (χ4v) is 5.19. The molecule has 0 aliphatic carbocycles. The predicted octanol–water partition coefficient (Wildman–Crippen LogP) is 3.13. The number of piperazine rings is 1. The molecule has 34 heavy (non-hydrogen) atoms. The van der Waals surface area contributed by atoms with Gasteiger partial charge in [0.15, 0.2) is 11.5 Å². The van der Waals surface area contributed by atoms with Crippen molar-refractivity contribution in [1.29, 1.82) is 0 Å². The molecule has 2 N–H and O–H groups in total. The third-order valence-corrected chi connectivity index (χ3v) is 7.39. The summed E-state index contributed by atoms with van der Waals surface area (Å²) in [7, 11) is -3.71. The van der Waals surface area contributed by atoms with Gasteiger partial charge < -0.3 is 19.5 Å². The van der Waals surface area contributed by atoms with Gasteiger partial charge in [0.2, 0.25) is 16.8 Å². The van der Waals surface area contributed by atoms with Crippen LogP contribution in [0.5, 0.6) is 23.0 Å². The van der Waals surface area contributed by atoms with Crippen molar-refractivity contribution >= 4 is 10.0 Å². The summed E-state index contributed by atoms with van der Waals surface area (Å²) < 4.78 is 45.7. The van der Waals surface area contributed by atoms with Crippen LogP contribution in [0, 0.1) is 0 Å². The van der Waals surface area contributed by atoms with Crippen LogP contribution < -0.4 is 24.2 Å². The first kappa shape index (κ1) is 22.7. The lowest BCUT2D eigenvalue weighted by molar-refractivity contribution is 0.171. The number of nitrogens with zero attached hydrogens (tertiary/aromatic N) is 1. The number of sulfonamides is 1. The van der Waals surface area contributed by atoms with Crippen LogP contribution in [0.4, 0.5) is 0 Å². The molecule has 2 aliphatic rings. The third-order valence-electron chi connectivity index (χ3n) is 5.95. The Kier molecular flexibility index (Phi) is 6.68. The number of hydrogen-bond acceptors (Lipinski definition) is 7. The molecule has 2 aliphatic heterocycles. The number of hydrogen-bond donors (Lipinski definition) is 2. The molecule has 3 aromatic carbocycles. The van der Waals surface area contributed by atoms with Crippen molar-refractivity contribution in [2.24, 2.45) is 0 Å². The molecule has 0 amide bonds. The Morgan fingerprint density at radius 1 is 0.912 bits per heavy atom. The summed E-state index contributed by atoms with van der Waals surface area (Å²) in [5.74, 6) is 2.67. The standard InChI is InChI=1S/C25H27N3O5S/c29-34(30,22-9-7-21(8-10-22)33-20-4-2-1-3-5-20)27-17-23(28-14-12-26-13-15-28)19-6-11-24-25(16-19)32-18-31-24/h1-11,16,23,26-27H,12-15,17-18H2. The Balaban J connectivity index is 1.31. The Morgan fingerprint density at radius 3 is 2.38 bits per heavy atom. The lowest BCUT2D eigenvalue weighted by atomic mass is 10.0. The maximum atomic E-state index is 13.1. The normalized spacial score (nSPS) is 16.8. The van der Waals surface area contributed by atoms with Crippen molar-refractivity contribution < 1.29 is 22.6 Å². The van der Waals surface area contributed by atoms with Crippen LogP contribution in [0.2, 0.25) is 0 Å². The molecule has 9 heteroatoms. The van der Waals surface area contributed by atoms with Gasteiger partial charge >= 0.3 is 0 Å². The SMILES string of the molecule is O=S(=O)(NCC(c1ccc2c(c1)OCO2)N1CCNCC1)c1ccc(Oc2ccccc2)cc1. The van der Waals surface area contributed by atoms with Crippen molar-refractivity contribution in [3.05, 3.63) is 78.4 Å². The van der Waals surface area contributed by atoms with E-state index in [9.17, 15) is 8.42 Å². The van der Waals surface area contributed by atoms with E-state index in [-0.39, 0.29) is 24.3 Å². The van der Waals surface area contributed by atoms with Gasteiger partial charge in [-0.15, -0.1) is 0 Å². The highest BCUT2D eigenvalue weighted by Crippen LogP contribution is 2.35. The van der Waals surface area contributed by atoms with Gasteiger partial charge in [0.05, 0.1) is 4.90 Å². The molecule has 1 fully saturated rings. The number of nitrogens with one attached hydrogen (secondary N) is 2. The highest BCUT2D eigenvalue weighted by molar-refractivity contribution is 7.89. The van der Waals surface area contributed by atoms with E-state index in [0.29, 0.717) is 23.0 Å². The number of rotatable bonds is 8. The number of fused-ring (bicyclic) bond motifs is 1. The van der Waals surface area contributed by atoms with Crippen molar-refractivity contribution in [3.8, 4) is 23.0 Å². The zero-order chi connectivity index (χ0) is 23.4. The van der Waals surface area contributed by atoms with E-state index < -0.39 is 10.0 Å². The fraction of sp³-hybridized carbons (Fsp3) is 0.280. The lowest BCUT2D eigenvalue weighted by Gasteiger charge is -2.35. The summed E-state index contributed by atoms with van der Waals surface area (Å²) in [6.07, 6.45) is 0. The molecule has 3 aromatic rings. The minimum absolute atomic E-state index is 0.132. The molecular weight excluding hydrogens is 454 g/mol. The molecular formula is C25H27N3O5S. The highest BCUT2D eigenvalue weighted by atomic mass is 32.2. The first-order valence-electron chi connectivity index (χ1n) is 11.3. The molecule has 5 rings (SSSR count). The summed E-state index contributed by atoms with van der Waals surface area (Å²) in [4.78, 5) is 2.48. The van der Waals surface area contributed by atoms with Crippen LogP contribution in [0.1, 0.15) is 11.6 Å². The number of para-hydroxylation sites is 1. The molecule has 178 valence electrons. The summed E-state index contributed by atoms with van der Waals surface area (Å²) in [6.45, 7) is 3.81. The monoisotopic (exact) mass is 481 g/mol. The molecule has 1 unspecified atom stereocenters. The Morgan fingerprint density at radius 2 is 1.62 bits per heavy atom. The van der Waals surface area contributed by atoms with Crippen molar-refractivity contribution in [3.63, 3.8) is 0 Å². The van der Waals surface area contributed by atoms with Gasteiger partial charge in [0, 0.05) is 38.8 Å². The Labute approximate surface area is 199 Å². The maximum Gasteiger partial charge on any atom is 0.240 e. The largest absolute Gasteiger partial charge is 0.457 e. The first-order valence-corrected chi connectivity index (χ1v) is 12.7. The van der Waals surface area contributed by atoms with Gasteiger partial charge in [0.1, 0.15) is 11.5 Å². The predicted molar refractivity (Wildman–Crippen MR) is 128 cm³/mol. The van der Waals surface area contributed by atoms with E-state index in [4.69, 9.17) is 14.2 Å². The second-order valence-corrected chi connectivity index (χ2v) is 9.92. The highest BCUT2D eigenvalue weighted by Gasteiger charge is 2.26. The molecule has 0 aromatic heterocycles. The van der Waals surface area contributed by atoms with Gasteiger partial charge in [-0.3, -0.25) is 4.90 Å². The molecule has 0 radical (unpaired) electrons. The fourth-order valence-electron chi connectivity index (χ4n) is 4.16. The van der Waals surface area contributed by atoms with E-state index in [1.54, 1.807) is 24.3 Å². The summed E-state index contributed by atoms with van der Waals surface area (Å²) in [6, 6.07) is 21.5. The van der Waals surface area contributed by atoms with E-state index >= 15 is 0 Å². The Bertz CT molecular complexity index is 1210. The molecule has 1 saturated heterocycles. The molecule has 0 bridgehead atoms. The zero-order valence-corrected chi connectivity index (χ0v) is 19.5. The minimum Gasteiger partial charge on any atom is -0.457 e. The van der Waals surface area contributed by atoms with Crippen molar-refractivity contribution in [2.75, 3.05) is 39.5 Å². The van der Waals surface area contributed by atoms with Gasteiger partial charge in [-0.1, -0.05) is 24.3 Å². The van der Waals surface area contributed by atoms with Gasteiger partial charge in [0.25, 0.3) is 0 Å². The molecule has 8 nitrogen and oxygen atoms in total. The van der Waals surface area contributed by atoms with E-state index in [0.717, 1.165) is 31.7 Å². The zero-order valence-electron chi connectivity index (χ0n) is 18.6. The van der Waals surface area contributed by atoms with Crippen LogP contribution in [-0.2, 0) is 10.0 Å². The molecule has 0 saturated carbocycles. The van der Waals surface area contributed by atoms with E-state index in [1.807, 2.05) is 48.5 Å². The van der Waals surface area contributed by atoms with Crippen LogP contribution in [0.25, 0.3) is 0 Å². The lowest BCUT2D eigenvalue weighted by Crippen LogP contribution is -2.48. The maximum absolute atomic E-state index is 13.1. The van der Waals surface area contributed by atoms with E-state index in [2.05, 4.69) is 14.9 Å². The van der Waals surface area contributed by atoms with Gasteiger partial charge in [-0.2, -0.15) is 0 Å². The average molecular weight is 482 g/mol. The second kappa shape index (κ2) is 10.0. The second-order valence-electron chi connectivity index (χ2n) is 8.15. The molecule has 0 spiro atoms. The van der Waals surface area contributed by atoms with Crippen LogP contribution >= 0.6 is 0 Å². The number of ether oxygens (including phenoxy) is 3. The van der Waals surface area contributed by atoms with Crippen LogP contribution in [0.15, 0.2) is 77.7 Å². The van der Waals surface area contributed by atoms with Crippen LogP contribution in [0.3, 0.4) is 0 Å². The summed E-state index contributed by atoms with van der Waals surface area (Å²) >= 11 is 0. The topological polar surface area (TPSA) is 89.1 Å². The van der Waals surface area contributed by atoms with Crippen molar-refractivity contribution in [2.45, 2.75) is 10.9 Å². The van der Waals surface area contributed by atoms with Gasteiger partial charge in [-0.25, -0.2) is 13.1 Å². The summed E-state index contributed by atoms with van der Waals surface area (Å²) in [5, 5.41) is 3.35. The van der Waals surface area contributed by atoms with E-state index in [1.165, 1.54) is 0 Å². The van der Waals surface area contributed by atoms with Crippen LogP contribution in [-0.4, -0.2) is 52.8 Å². The summed E-state index contributed by atoms with van der Waals surface area (Å²) in [5.41, 5.74) is 0.987. The molecule has 2 heterocycles. The smallest absolute Gasteiger partial charge is 0.240 e. The quantitative estimate of drug-likeness (QED) is 0.511. The van der Waals surface area contributed by atoms with Crippen molar-refractivity contribution in [1.82, 2.24) is 14.9 Å². The third kappa shape index (κ3) is 5.18.